The quantitative estimate of drug-likeness (QED) is 0.561. The number of hydrogen-bond acceptors (Lipinski definition) is 5. The van der Waals surface area contributed by atoms with E-state index in [1.54, 1.807) is 0 Å². The van der Waals surface area contributed by atoms with Crippen molar-refractivity contribution < 1.29 is 14.6 Å². The van der Waals surface area contributed by atoms with Gasteiger partial charge in [-0.15, -0.1) is 0 Å². The minimum atomic E-state index is -0.597. The van der Waals surface area contributed by atoms with E-state index in [1.165, 1.54) is 0 Å². The molecule has 1 aromatic rings. The number of amides is 2. The van der Waals surface area contributed by atoms with Crippen LogP contribution < -0.4 is 16.0 Å². The van der Waals surface area contributed by atoms with E-state index in [1.807, 2.05) is 24.3 Å². The lowest BCUT2D eigenvalue weighted by Crippen LogP contribution is -2.49. The maximum atomic E-state index is 12.4. The second kappa shape index (κ2) is 10.3. The van der Waals surface area contributed by atoms with Gasteiger partial charge in [-0.1, -0.05) is 12.1 Å². The number of benzene rings is 1. The number of carbonyl (C=O) groups excluding carboxylic acids is 1. The molecule has 0 unspecified atom stereocenters. The van der Waals surface area contributed by atoms with Crippen molar-refractivity contribution in [3.8, 4) is 0 Å². The SMILES string of the molecule is CC(C)Nc1ccccc1NC(=O)NCC1CCN(CC2(O)CCOCC2)CC1. The van der Waals surface area contributed by atoms with Crippen molar-refractivity contribution in [1.29, 1.82) is 0 Å². The number of nitrogens with one attached hydrogen (secondary N) is 3. The Balaban J connectivity index is 1.39. The van der Waals surface area contributed by atoms with Crippen molar-refractivity contribution >= 4 is 17.4 Å². The van der Waals surface area contributed by atoms with Gasteiger partial charge in [0, 0.05) is 45.2 Å². The van der Waals surface area contributed by atoms with Crippen LogP contribution in [0, 0.1) is 5.92 Å². The highest BCUT2D eigenvalue weighted by molar-refractivity contribution is 5.93. The van der Waals surface area contributed by atoms with Crippen LogP contribution in [0.25, 0.3) is 0 Å². The van der Waals surface area contributed by atoms with Crippen molar-refractivity contribution in [3.63, 3.8) is 0 Å². The zero-order chi connectivity index (χ0) is 20.7. The van der Waals surface area contributed by atoms with Gasteiger partial charge in [0.05, 0.1) is 17.0 Å². The molecule has 0 aliphatic carbocycles. The molecule has 2 fully saturated rings. The number of β-amino-alcohol motifs (C(OH)–C–C–N with tert-alkyl or cyclic N) is 1. The first kappa shape index (κ1) is 21.9. The Labute approximate surface area is 174 Å². The molecular weight excluding hydrogens is 368 g/mol. The van der Waals surface area contributed by atoms with Gasteiger partial charge < -0.3 is 30.7 Å². The molecule has 0 radical (unpaired) electrons. The normalized spacial score (nSPS) is 20.4. The van der Waals surface area contributed by atoms with Crippen LogP contribution in [0.2, 0.25) is 0 Å². The van der Waals surface area contributed by atoms with Crippen LogP contribution in [0.15, 0.2) is 24.3 Å². The lowest BCUT2D eigenvalue weighted by Gasteiger charge is -2.39. The highest BCUT2D eigenvalue weighted by Gasteiger charge is 2.33. The van der Waals surface area contributed by atoms with Crippen molar-refractivity contribution in [2.24, 2.45) is 5.92 Å². The molecule has 29 heavy (non-hydrogen) atoms. The molecule has 0 spiro atoms. The fourth-order valence-electron chi connectivity index (χ4n) is 4.11. The van der Waals surface area contributed by atoms with Crippen LogP contribution in [-0.2, 0) is 4.74 Å². The van der Waals surface area contributed by atoms with E-state index in [9.17, 15) is 9.90 Å². The molecule has 0 bridgehead atoms. The van der Waals surface area contributed by atoms with E-state index in [-0.39, 0.29) is 6.03 Å². The van der Waals surface area contributed by atoms with E-state index in [0.717, 1.165) is 56.7 Å². The number of aliphatic hydroxyl groups is 1. The Morgan fingerprint density at radius 1 is 1.21 bits per heavy atom. The fraction of sp³-hybridized carbons (Fsp3) is 0.682. The zero-order valence-electron chi connectivity index (χ0n) is 17.7. The number of para-hydroxylation sites is 2. The molecule has 0 atom stereocenters. The number of urea groups is 1. The van der Waals surface area contributed by atoms with Crippen LogP contribution in [0.3, 0.4) is 0 Å². The van der Waals surface area contributed by atoms with Crippen molar-refractivity contribution in [3.05, 3.63) is 24.3 Å². The highest BCUT2D eigenvalue weighted by atomic mass is 16.5. The molecule has 7 nitrogen and oxygen atoms in total. The molecule has 2 aliphatic rings. The second-order valence-electron chi connectivity index (χ2n) is 8.74. The average Bonchev–Trinajstić information content (AvgIpc) is 2.69. The van der Waals surface area contributed by atoms with Gasteiger partial charge in [-0.05, 0) is 57.8 Å². The van der Waals surface area contributed by atoms with Crippen LogP contribution in [-0.4, -0.2) is 67.1 Å². The Morgan fingerprint density at radius 3 is 2.52 bits per heavy atom. The van der Waals surface area contributed by atoms with E-state index in [4.69, 9.17) is 4.74 Å². The Bertz CT molecular complexity index is 653. The predicted molar refractivity (Wildman–Crippen MR) is 116 cm³/mol. The van der Waals surface area contributed by atoms with E-state index < -0.39 is 5.60 Å². The summed E-state index contributed by atoms with van der Waals surface area (Å²) in [5.41, 5.74) is 1.12. The Morgan fingerprint density at radius 2 is 1.86 bits per heavy atom. The van der Waals surface area contributed by atoms with Gasteiger partial charge in [0.15, 0.2) is 0 Å². The molecule has 4 N–H and O–H groups in total. The molecular formula is C22H36N4O3. The lowest BCUT2D eigenvalue weighted by molar-refractivity contribution is -0.0829. The molecule has 0 aromatic heterocycles. The van der Waals surface area contributed by atoms with Crippen LogP contribution in [0.5, 0.6) is 0 Å². The van der Waals surface area contributed by atoms with Crippen LogP contribution in [0.4, 0.5) is 16.2 Å². The summed E-state index contributed by atoms with van der Waals surface area (Å²) in [6, 6.07) is 7.88. The first-order valence-corrected chi connectivity index (χ1v) is 10.9. The summed E-state index contributed by atoms with van der Waals surface area (Å²) in [4.78, 5) is 14.7. The second-order valence-corrected chi connectivity index (χ2v) is 8.74. The third-order valence-electron chi connectivity index (χ3n) is 5.82. The molecule has 2 saturated heterocycles. The predicted octanol–water partition coefficient (Wildman–Crippen LogP) is 2.88. The van der Waals surface area contributed by atoms with Gasteiger partial charge in [0.25, 0.3) is 0 Å². The van der Waals surface area contributed by atoms with E-state index in [2.05, 4.69) is 34.7 Å². The van der Waals surface area contributed by atoms with E-state index >= 15 is 0 Å². The smallest absolute Gasteiger partial charge is 0.319 e. The highest BCUT2D eigenvalue weighted by Crippen LogP contribution is 2.25. The summed E-state index contributed by atoms with van der Waals surface area (Å²) >= 11 is 0. The molecule has 2 heterocycles. The standard InChI is InChI=1S/C22H36N4O3/c1-17(2)24-19-5-3-4-6-20(19)25-21(27)23-15-18-7-11-26(12-8-18)16-22(28)9-13-29-14-10-22/h3-6,17-18,24,28H,7-16H2,1-2H3,(H2,23,25,27). The number of likely N-dealkylation sites (tertiary alicyclic amines) is 1. The number of rotatable bonds is 7. The average molecular weight is 405 g/mol. The lowest BCUT2D eigenvalue weighted by atomic mass is 9.91. The molecule has 2 amide bonds. The Hall–Kier alpha value is -1.83. The topological polar surface area (TPSA) is 85.9 Å². The van der Waals surface area contributed by atoms with Gasteiger partial charge in [-0.3, -0.25) is 0 Å². The summed E-state index contributed by atoms with van der Waals surface area (Å²) in [6.45, 7) is 8.81. The monoisotopic (exact) mass is 404 g/mol. The maximum absolute atomic E-state index is 12.4. The third kappa shape index (κ3) is 6.87. The number of hydrogen-bond donors (Lipinski definition) is 4. The molecule has 162 valence electrons. The van der Waals surface area contributed by atoms with Gasteiger partial charge in [-0.25, -0.2) is 4.79 Å². The number of ether oxygens (including phenoxy) is 1. The van der Waals surface area contributed by atoms with Crippen LogP contribution in [0.1, 0.15) is 39.5 Å². The van der Waals surface area contributed by atoms with Crippen molar-refractivity contribution in [2.75, 3.05) is 50.0 Å². The number of carbonyl (C=O) groups is 1. The summed E-state index contributed by atoms with van der Waals surface area (Å²) in [6.07, 6.45) is 3.53. The van der Waals surface area contributed by atoms with Crippen molar-refractivity contribution in [1.82, 2.24) is 10.2 Å². The third-order valence-corrected chi connectivity index (χ3v) is 5.82. The first-order valence-electron chi connectivity index (χ1n) is 10.9. The van der Waals surface area contributed by atoms with Gasteiger partial charge >= 0.3 is 6.03 Å². The molecule has 1 aromatic carbocycles. The maximum Gasteiger partial charge on any atom is 0.319 e. The minimum absolute atomic E-state index is 0.165. The summed E-state index contributed by atoms with van der Waals surface area (Å²) < 4.78 is 5.37. The number of piperidine rings is 1. The van der Waals surface area contributed by atoms with Crippen molar-refractivity contribution in [2.45, 2.75) is 51.2 Å². The summed E-state index contributed by atoms with van der Waals surface area (Å²) in [5, 5.41) is 20.0. The zero-order valence-corrected chi connectivity index (χ0v) is 17.7. The first-order chi connectivity index (χ1) is 13.9. The van der Waals surface area contributed by atoms with E-state index in [0.29, 0.717) is 31.7 Å². The fourth-order valence-corrected chi connectivity index (χ4v) is 4.11. The number of nitrogens with zero attached hydrogens (tertiary/aromatic N) is 1. The van der Waals surface area contributed by atoms with Gasteiger partial charge in [0.2, 0.25) is 0 Å². The number of anilines is 2. The minimum Gasteiger partial charge on any atom is -0.388 e. The molecule has 7 heteroatoms. The van der Waals surface area contributed by atoms with Gasteiger partial charge in [0.1, 0.15) is 0 Å². The Kier molecular flexibility index (Phi) is 7.75. The summed E-state index contributed by atoms with van der Waals surface area (Å²) in [5.74, 6) is 0.477. The molecule has 0 saturated carbocycles. The molecule has 2 aliphatic heterocycles. The van der Waals surface area contributed by atoms with Gasteiger partial charge in [-0.2, -0.15) is 0 Å². The molecule has 3 rings (SSSR count). The summed E-state index contributed by atoms with van der Waals surface area (Å²) in [7, 11) is 0. The van der Waals surface area contributed by atoms with Crippen LogP contribution >= 0.6 is 0 Å². The largest absolute Gasteiger partial charge is 0.388 e.